The van der Waals surface area contributed by atoms with Crippen molar-refractivity contribution in [3.8, 4) is 0 Å². The number of hydrogen-bond donors (Lipinski definition) is 0. The van der Waals surface area contributed by atoms with Crippen molar-refractivity contribution in [2.45, 2.75) is 49.2 Å². The van der Waals surface area contributed by atoms with Gasteiger partial charge in [-0.2, -0.15) is 8.61 Å². The lowest BCUT2D eigenvalue weighted by molar-refractivity contribution is 0.269. The zero-order chi connectivity index (χ0) is 23.8. The van der Waals surface area contributed by atoms with Gasteiger partial charge in [0.05, 0.1) is 16.0 Å². The van der Waals surface area contributed by atoms with Crippen LogP contribution in [0, 0.1) is 13.8 Å². The third kappa shape index (κ3) is 4.61. The van der Waals surface area contributed by atoms with E-state index in [1.807, 2.05) is 44.2 Å². The van der Waals surface area contributed by atoms with Crippen LogP contribution in [0.5, 0.6) is 0 Å². The van der Waals surface area contributed by atoms with E-state index >= 15 is 0 Å². The van der Waals surface area contributed by atoms with Gasteiger partial charge in [-0.15, -0.1) is 0 Å². The van der Waals surface area contributed by atoms with Crippen LogP contribution in [0.1, 0.15) is 23.6 Å². The molecular formula is C25H28N2O4S2. The first-order valence-corrected chi connectivity index (χ1v) is 13.7. The van der Waals surface area contributed by atoms with Crippen molar-refractivity contribution in [3.63, 3.8) is 0 Å². The van der Waals surface area contributed by atoms with Crippen molar-refractivity contribution in [2.24, 2.45) is 0 Å². The molecule has 174 valence electrons. The van der Waals surface area contributed by atoms with Gasteiger partial charge in [-0.1, -0.05) is 65.7 Å². The van der Waals surface area contributed by atoms with Gasteiger partial charge in [-0.3, -0.25) is 0 Å². The summed E-state index contributed by atoms with van der Waals surface area (Å²) in [7, 11) is -7.84. The van der Waals surface area contributed by atoms with Crippen LogP contribution in [-0.4, -0.2) is 44.2 Å². The molecule has 1 heterocycles. The zero-order valence-corrected chi connectivity index (χ0v) is 20.6. The highest BCUT2D eigenvalue weighted by Gasteiger charge is 2.49. The van der Waals surface area contributed by atoms with Gasteiger partial charge < -0.3 is 0 Å². The number of aryl methyl sites for hydroxylation is 2. The van der Waals surface area contributed by atoms with Crippen LogP contribution in [0.25, 0.3) is 0 Å². The van der Waals surface area contributed by atoms with Crippen molar-refractivity contribution < 1.29 is 16.8 Å². The lowest BCUT2D eigenvalue weighted by atomic mass is 10.1. The molecule has 0 unspecified atom stereocenters. The molecule has 0 N–H and O–H groups in total. The molecule has 4 rings (SSSR count). The summed E-state index contributed by atoms with van der Waals surface area (Å²) in [5.74, 6) is 0. The van der Waals surface area contributed by atoms with Gasteiger partial charge in [-0.25, -0.2) is 16.8 Å². The number of nitrogens with zero attached hydrogens (tertiary/aromatic N) is 2. The zero-order valence-electron chi connectivity index (χ0n) is 18.9. The molecule has 0 bridgehead atoms. The maximum Gasteiger partial charge on any atom is 0.244 e. The number of rotatable bonds is 6. The standard InChI is InChI=1S/C25H28N2O4S2/c1-19-9-13-23(14-10-19)32(28,29)26-18-21(3)27(25(26)17-22-7-5-4-6-8-22)33(30,31)24-15-11-20(2)12-16-24/h4-16,21,25H,17-18H2,1-3H3/t21-,25+/m0/s1. The Hall–Kier alpha value is -2.52. The highest BCUT2D eigenvalue weighted by molar-refractivity contribution is 7.90. The first-order valence-electron chi connectivity index (χ1n) is 10.8. The topological polar surface area (TPSA) is 74.8 Å². The molecular weight excluding hydrogens is 456 g/mol. The Balaban J connectivity index is 1.80. The van der Waals surface area contributed by atoms with Crippen molar-refractivity contribution in [3.05, 3.63) is 95.6 Å². The average Bonchev–Trinajstić information content (AvgIpc) is 3.12. The number of benzene rings is 3. The van der Waals surface area contributed by atoms with E-state index in [9.17, 15) is 16.8 Å². The highest BCUT2D eigenvalue weighted by Crippen LogP contribution is 2.34. The summed E-state index contributed by atoms with van der Waals surface area (Å²) in [5.41, 5.74) is 2.77. The number of sulfonamides is 2. The van der Waals surface area contributed by atoms with Gasteiger partial charge in [0.15, 0.2) is 0 Å². The monoisotopic (exact) mass is 484 g/mol. The SMILES string of the molecule is Cc1ccc(S(=O)(=O)N2C[C@H](C)N(S(=O)(=O)c3ccc(C)cc3)[C@@H]2Cc2ccccc2)cc1. The molecule has 0 spiro atoms. The van der Waals surface area contributed by atoms with Crippen molar-refractivity contribution in [2.75, 3.05) is 6.54 Å². The summed E-state index contributed by atoms with van der Waals surface area (Å²) in [6.45, 7) is 5.62. The second kappa shape index (κ2) is 9.02. The molecule has 1 aliphatic rings. The van der Waals surface area contributed by atoms with Crippen molar-refractivity contribution >= 4 is 20.0 Å². The van der Waals surface area contributed by atoms with E-state index in [0.29, 0.717) is 0 Å². The fourth-order valence-corrected chi connectivity index (χ4v) is 7.72. The summed E-state index contributed by atoms with van der Waals surface area (Å²) in [6.07, 6.45) is -0.624. The average molecular weight is 485 g/mol. The predicted octanol–water partition coefficient (Wildman–Crippen LogP) is 3.96. The Morgan fingerprint density at radius 3 is 1.73 bits per heavy atom. The van der Waals surface area contributed by atoms with E-state index in [1.165, 1.54) is 8.61 Å². The molecule has 3 aromatic rings. The van der Waals surface area contributed by atoms with E-state index in [0.717, 1.165) is 16.7 Å². The summed E-state index contributed by atoms with van der Waals surface area (Å²) in [6, 6.07) is 22.2. The van der Waals surface area contributed by atoms with Crippen LogP contribution in [0.4, 0.5) is 0 Å². The van der Waals surface area contributed by atoms with Gasteiger partial charge in [0.25, 0.3) is 0 Å². The second-order valence-electron chi connectivity index (χ2n) is 8.56. The van der Waals surface area contributed by atoms with Gasteiger partial charge >= 0.3 is 0 Å². The minimum Gasteiger partial charge on any atom is -0.207 e. The molecule has 0 aromatic heterocycles. The Bertz CT molecular complexity index is 1320. The van der Waals surface area contributed by atoms with Crippen molar-refractivity contribution in [1.29, 1.82) is 0 Å². The molecule has 1 saturated heterocycles. The fourth-order valence-electron chi connectivity index (χ4n) is 4.23. The Morgan fingerprint density at radius 1 is 0.727 bits per heavy atom. The number of hydrogen-bond acceptors (Lipinski definition) is 4. The van der Waals surface area contributed by atoms with Crippen LogP contribution >= 0.6 is 0 Å². The molecule has 0 amide bonds. The van der Waals surface area contributed by atoms with Crippen LogP contribution < -0.4 is 0 Å². The predicted molar refractivity (Wildman–Crippen MR) is 129 cm³/mol. The Labute approximate surface area is 196 Å². The van der Waals surface area contributed by atoms with Crippen LogP contribution in [0.15, 0.2) is 88.7 Å². The van der Waals surface area contributed by atoms with Gasteiger partial charge in [0.2, 0.25) is 20.0 Å². The highest BCUT2D eigenvalue weighted by atomic mass is 32.2. The van der Waals surface area contributed by atoms with E-state index < -0.39 is 32.3 Å². The lowest BCUT2D eigenvalue weighted by Gasteiger charge is -2.30. The summed E-state index contributed by atoms with van der Waals surface area (Å²) >= 11 is 0. The molecule has 0 saturated carbocycles. The smallest absolute Gasteiger partial charge is 0.207 e. The normalized spacial score (nSPS) is 20.2. The largest absolute Gasteiger partial charge is 0.244 e. The molecule has 1 aliphatic heterocycles. The quantitative estimate of drug-likeness (QED) is 0.531. The maximum atomic E-state index is 13.7. The maximum absolute atomic E-state index is 13.7. The Morgan fingerprint density at radius 2 is 1.21 bits per heavy atom. The minimum absolute atomic E-state index is 0.0821. The first kappa shape index (κ1) is 23.6. The van der Waals surface area contributed by atoms with Crippen LogP contribution in [0.2, 0.25) is 0 Å². The molecule has 0 aliphatic carbocycles. The van der Waals surface area contributed by atoms with E-state index in [2.05, 4.69) is 0 Å². The summed E-state index contributed by atoms with van der Waals surface area (Å²) in [5, 5.41) is 0. The van der Waals surface area contributed by atoms with E-state index in [-0.39, 0.29) is 22.8 Å². The van der Waals surface area contributed by atoms with E-state index in [4.69, 9.17) is 0 Å². The summed E-state index contributed by atoms with van der Waals surface area (Å²) < 4.78 is 57.4. The molecule has 8 heteroatoms. The lowest BCUT2D eigenvalue weighted by Crippen LogP contribution is -2.46. The summed E-state index contributed by atoms with van der Waals surface area (Å²) in [4.78, 5) is 0.320. The molecule has 3 aromatic carbocycles. The third-order valence-corrected chi connectivity index (χ3v) is 9.89. The van der Waals surface area contributed by atoms with Gasteiger partial charge in [0.1, 0.15) is 0 Å². The van der Waals surface area contributed by atoms with Gasteiger partial charge in [0, 0.05) is 19.0 Å². The van der Waals surface area contributed by atoms with Crippen LogP contribution in [-0.2, 0) is 26.5 Å². The fraction of sp³-hybridized carbons (Fsp3) is 0.280. The van der Waals surface area contributed by atoms with Gasteiger partial charge in [-0.05, 0) is 50.6 Å². The van der Waals surface area contributed by atoms with Crippen molar-refractivity contribution in [1.82, 2.24) is 8.61 Å². The Kier molecular flexibility index (Phi) is 6.46. The third-order valence-electron chi connectivity index (χ3n) is 5.99. The second-order valence-corrected chi connectivity index (χ2v) is 12.3. The van der Waals surface area contributed by atoms with E-state index in [1.54, 1.807) is 55.5 Å². The molecule has 6 nitrogen and oxygen atoms in total. The molecule has 2 atom stereocenters. The molecule has 1 fully saturated rings. The van der Waals surface area contributed by atoms with Crippen LogP contribution in [0.3, 0.4) is 0 Å². The molecule has 0 radical (unpaired) electrons. The molecule has 33 heavy (non-hydrogen) atoms. The minimum atomic E-state index is -3.93. The first-order chi connectivity index (χ1) is 15.6.